The first-order valence-corrected chi connectivity index (χ1v) is 12.5. The summed E-state index contributed by atoms with van der Waals surface area (Å²) in [6.45, 7) is 7.81. The van der Waals surface area contributed by atoms with Gasteiger partial charge < -0.3 is 14.8 Å². The number of hydrogen-bond donors (Lipinski definition) is 2. The summed E-state index contributed by atoms with van der Waals surface area (Å²) in [6, 6.07) is 5.89. The summed E-state index contributed by atoms with van der Waals surface area (Å²) in [5, 5.41) is 15.6. The van der Waals surface area contributed by atoms with Crippen molar-refractivity contribution in [3.63, 3.8) is 0 Å². The number of pyridine rings is 2. The standard InChI is InChI=1S/C26H33N7O4/c1-17-13-32(14-18(2)29-17)15-20-9-19-5-4-6-33(25(19)30-22(20)16-34)26(35)31-24-10-23(37-8-7-36-3)21(11-27)12-28-24/h9-10,12,16-18,29H,4-8,13-15H2,1-3H3,(H,28,31,35). The van der Waals surface area contributed by atoms with E-state index < -0.39 is 6.03 Å². The summed E-state index contributed by atoms with van der Waals surface area (Å²) in [7, 11) is 1.56. The van der Waals surface area contributed by atoms with E-state index >= 15 is 0 Å². The minimum absolute atomic E-state index is 0.248. The van der Waals surface area contributed by atoms with E-state index in [2.05, 4.69) is 39.3 Å². The number of ether oxygens (including phenoxy) is 2. The second-order valence-electron chi connectivity index (χ2n) is 9.50. The minimum Gasteiger partial charge on any atom is -0.490 e. The Hall–Kier alpha value is -3.59. The molecule has 2 N–H and O–H groups in total. The lowest BCUT2D eigenvalue weighted by Gasteiger charge is -2.36. The summed E-state index contributed by atoms with van der Waals surface area (Å²) in [5.74, 6) is 1.05. The highest BCUT2D eigenvalue weighted by atomic mass is 16.5. The summed E-state index contributed by atoms with van der Waals surface area (Å²) < 4.78 is 10.6. The number of piperazine rings is 1. The molecule has 37 heavy (non-hydrogen) atoms. The van der Waals surface area contributed by atoms with Crippen molar-refractivity contribution in [1.82, 2.24) is 20.2 Å². The van der Waals surface area contributed by atoms with Crippen LogP contribution >= 0.6 is 0 Å². The zero-order chi connectivity index (χ0) is 26.4. The first-order chi connectivity index (χ1) is 17.9. The number of nitrogens with zero attached hydrogens (tertiary/aromatic N) is 5. The van der Waals surface area contributed by atoms with Gasteiger partial charge in [0.15, 0.2) is 6.29 Å². The zero-order valence-electron chi connectivity index (χ0n) is 21.5. The van der Waals surface area contributed by atoms with Crippen molar-refractivity contribution >= 4 is 24.0 Å². The van der Waals surface area contributed by atoms with Gasteiger partial charge in [0.1, 0.15) is 41.3 Å². The Kier molecular flexibility index (Phi) is 8.66. The number of aromatic nitrogens is 2. The molecule has 196 valence electrons. The Morgan fingerprint density at radius 2 is 2.08 bits per heavy atom. The molecule has 2 aliphatic rings. The van der Waals surface area contributed by atoms with Crippen LogP contribution in [0.2, 0.25) is 0 Å². The Morgan fingerprint density at radius 3 is 2.78 bits per heavy atom. The van der Waals surface area contributed by atoms with Crippen LogP contribution in [0.15, 0.2) is 18.3 Å². The number of methoxy groups -OCH3 is 1. The van der Waals surface area contributed by atoms with Gasteiger partial charge in [-0.15, -0.1) is 0 Å². The molecule has 0 saturated carbocycles. The molecule has 2 aromatic heterocycles. The summed E-state index contributed by atoms with van der Waals surface area (Å²) in [6.07, 6.45) is 3.67. The third-order valence-electron chi connectivity index (χ3n) is 6.42. The van der Waals surface area contributed by atoms with Crippen molar-refractivity contribution in [3.8, 4) is 11.8 Å². The van der Waals surface area contributed by atoms with Gasteiger partial charge in [-0.1, -0.05) is 0 Å². The van der Waals surface area contributed by atoms with Gasteiger partial charge in [-0.3, -0.25) is 19.9 Å². The predicted molar refractivity (Wildman–Crippen MR) is 138 cm³/mol. The largest absolute Gasteiger partial charge is 0.490 e. The number of aldehydes is 1. The second kappa shape index (κ2) is 12.1. The number of rotatable bonds is 8. The van der Waals surface area contributed by atoms with Crippen LogP contribution in [0.4, 0.5) is 16.4 Å². The van der Waals surface area contributed by atoms with Gasteiger partial charge in [0.25, 0.3) is 0 Å². The van der Waals surface area contributed by atoms with Crippen LogP contribution in [0, 0.1) is 11.3 Å². The molecule has 2 amide bonds. The first kappa shape index (κ1) is 26.5. The van der Waals surface area contributed by atoms with Gasteiger partial charge in [-0.2, -0.15) is 5.26 Å². The average molecular weight is 508 g/mol. The summed E-state index contributed by atoms with van der Waals surface area (Å²) in [4.78, 5) is 37.9. The number of fused-ring (bicyclic) bond motifs is 1. The molecule has 1 saturated heterocycles. The normalized spacial score (nSPS) is 19.6. The second-order valence-corrected chi connectivity index (χ2v) is 9.50. The fourth-order valence-electron chi connectivity index (χ4n) is 4.92. The molecular weight excluding hydrogens is 474 g/mol. The zero-order valence-corrected chi connectivity index (χ0v) is 21.5. The molecule has 11 nitrogen and oxygen atoms in total. The molecule has 0 spiro atoms. The number of urea groups is 1. The topological polar surface area (TPSA) is 133 Å². The molecule has 2 atom stereocenters. The number of carbonyl (C=O) groups is 2. The van der Waals surface area contributed by atoms with E-state index in [1.165, 1.54) is 17.2 Å². The number of nitriles is 1. The smallest absolute Gasteiger partial charge is 0.328 e. The summed E-state index contributed by atoms with van der Waals surface area (Å²) in [5.41, 5.74) is 2.43. The monoisotopic (exact) mass is 507 g/mol. The van der Waals surface area contributed by atoms with Gasteiger partial charge in [0.05, 0.1) is 12.8 Å². The molecule has 11 heteroatoms. The van der Waals surface area contributed by atoms with E-state index in [0.717, 1.165) is 43.3 Å². The molecule has 1 fully saturated rings. The molecule has 0 bridgehead atoms. The highest BCUT2D eigenvalue weighted by Crippen LogP contribution is 2.29. The van der Waals surface area contributed by atoms with Crippen molar-refractivity contribution in [2.75, 3.05) is 50.2 Å². The quantitative estimate of drug-likeness (QED) is 0.408. The summed E-state index contributed by atoms with van der Waals surface area (Å²) >= 11 is 0. The van der Waals surface area contributed by atoms with Crippen molar-refractivity contribution in [1.29, 1.82) is 5.26 Å². The fraction of sp³-hybridized carbons (Fsp3) is 0.500. The fourth-order valence-corrected chi connectivity index (χ4v) is 4.92. The molecule has 2 aliphatic heterocycles. The lowest BCUT2D eigenvalue weighted by molar-refractivity contribution is 0.111. The molecule has 4 rings (SSSR count). The number of carbonyl (C=O) groups excluding carboxylic acids is 2. The molecule has 2 aromatic rings. The maximum Gasteiger partial charge on any atom is 0.328 e. The first-order valence-electron chi connectivity index (χ1n) is 12.5. The maximum absolute atomic E-state index is 13.2. The van der Waals surface area contributed by atoms with Crippen LogP contribution in [-0.2, 0) is 17.7 Å². The van der Waals surface area contributed by atoms with Crippen molar-refractivity contribution in [3.05, 3.63) is 40.7 Å². The number of anilines is 2. The van der Waals surface area contributed by atoms with E-state index in [4.69, 9.17) is 9.47 Å². The van der Waals surface area contributed by atoms with Gasteiger partial charge in [0.2, 0.25) is 0 Å². The number of amides is 2. The van der Waals surface area contributed by atoms with Gasteiger partial charge >= 0.3 is 6.03 Å². The van der Waals surface area contributed by atoms with Gasteiger partial charge in [-0.05, 0) is 43.9 Å². The molecular formula is C26H33N7O4. The van der Waals surface area contributed by atoms with Crippen LogP contribution in [-0.4, -0.2) is 79.2 Å². The molecule has 0 aromatic carbocycles. The van der Waals surface area contributed by atoms with Crippen LogP contribution in [0.1, 0.15) is 47.4 Å². The predicted octanol–water partition coefficient (Wildman–Crippen LogP) is 2.35. The van der Waals surface area contributed by atoms with Crippen molar-refractivity contribution < 1.29 is 19.1 Å². The third-order valence-corrected chi connectivity index (χ3v) is 6.42. The highest BCUT2D eigenvalue weighted by molar-refractivity contribution is 6.01. The third kappa shape index (κ3) is 6.40. The van der Waals surface area contributed by atoms with Gasteiger partial charge in [0, 0.05) is 51.4 Å². The Bertz CT molecular complexity index is 1170. The lowest BCUT2D eigenvalue weighted by atomic mass is 10.0. The van der Waals surface area contributed by atoms with Crippen molar-refractivity contribution in [2.45, 2.75) is 45.3 Å². The Balaban J connectivity index is 1.53. The minimum atomic E-state index is -0.414. The highest BCUT2D eigenvalue weighted by Gasteiger charge is 2.28. The van der Waals surface area contributed by atoms with E-state index in [9.17, 15) is 14.9 Å². The number of hydrogen-bond acceptors (Lipinski definition) is 9. The maximum atomic E-state index is 13.2. The molecule has 0 aliphatic carbocycles. The molecule has 2 unspecified atom stereocenters. The average Bonchev–Trinajstić information content (AvgIpc) is 2.87. The Morgan fingerprint density at radius 1 is 1.30 bits per heavy atom. The van der Waals surface area contributed by atoms with E-state index in [1.807, 2.05) is 12.1 Å². The van der Waals surface area contributed by atoms with Crippen LogP contribution in [0.25, 0.3) is 0 Å². The van der Waals surface area contributed by atoms with E-state index in [-0.39, 0.29) is 18.0 Å². The lowest BCUT2D eigenvalue weighted by Crippen LogP contribution is -2.53. The molecule has 4 heterocycles. The number of aryl methyl sites for hydroxylation is 1. The molecule has 0 radical (unpaired) electrons. The van der Waals surface area contributed by atoms with Crippen molar-refractivity contribution in [2.24, 2.45) is 0 Å². The Labute approximate surface area is 216 Å². The SMILES string of the molecule is COCCOc1cc(NC(=O)N2CCCc3cc(CN4CC(C)NC(C)C4)c(C=O)nc32)ncc1C#N. The number of nitrogens with one attached hydrogen (secondary N) is 2. The van der Waals surface area contributed by atoms with E-state index in [0.29, 0.717) is 49.0 Å². The van der Waals surface area contributed by atoms with Crippen LogP contribution in [0.3, 0.4) is 0 Å². The van der Waals surface area contributed by atoms with E-state index in [1.54, 1.807) is 7.11 Å². The van der Waals surface area contributed by atoms with Crippen LogP contribution < -0.4 is 20.3 Å². The van der Waals surface area contributed by atoms with Gasteiger partial charge in [-0.25, -0.2) is 14.8 Å². The van der Waals surface area contributed by atoms with Crippen LogP contribution in [0.5, 0.6) is 5.75 Å².